The standard InChI is InChI=1S/C16H19BrClNO4/c1-9(2)12-8-23-16(21)19(12)15(20)13(17)14(22-3)10-6-4-5-7-11(10)18/h4-7,9,12-14H,8H2,1-3H3/t12-,13+,14+/m1/s1. The van der Waals surface area contributed by atoms with Gasteiger partial charge in [0.25, 0.3) is 0 Å². The van der Waals surface area contributed by atoms with Crippen LogP contribution in [-0.4, -0.2) is 41.5 Å². The van der Waals surface area contributed by atoms with Crippen LogP contribution in [0, 0.1) is 5.92 Å². The van der Waals surface area contributed by atoms with E-state index >= 15 is 0 Å². The number of nitrogens with zero attached hydrogens (tertiary/aromatic N) is 1. The number of ether oxygens (including phenoxy) is 2. The highest BCUT2D eigenvalue weighted by molar-refractivity contribution is 9.10. The van der Waals surface area contributed by atoms with Gasteiger partial charge in [0, 0.05) is 17.7 Å². The SMILES string of the molecule is CO[C@@H](c1ccccc1Cl)[C@H](Br)C(=O)N1C(=O)OC[C@@H]1C(C)C. The van der Waals surface area contributed by atoms with Crippen LogP contribution in [0.2, 0.25) is 5.02 Å². The zero-order valence-corrected chi connectivity index (χ0v) is 15.5. The second kappa shape index (κ2) is 7.64. The molecular formula is C16H19BrClNO4. The fourth-order valence-electron chi connectivity index (χ4n) is 2.55. The van der Waals surface area contributed by atoms with Crippen molar-refractivity contribution in [1.29, 1.82) is 0 Å². The van der Waals surface area contributed by atoms with Crippen LogP contribution in [0.3, 0.4) is 0 Å². The molecule has 0 bridgehead atoms. The van der Waals surface area contributed by atoms with Gasteiger partial charge in [-0.05, 0) is 12.0 Å². The molecule has 3 atom stereocenters. The van der Waals surface area contributed by atoms with E-state index in [9.17, 15) is 9.59 Å². The van der Waals surface area contributed by atoms with Gasteiger partial charge in [-0.2, -0.15) is 0 Å². The molecule has 2 rings (SSSR count). The van der Waals surface area contributed by atoms with E-state index < -0.39 is 22.9 Å². The van der Waals surface area contributed by atoms with Gasteiger partial charge in [0.15, 0.2) is 0 Å². The molecule has 1 aromatic carbocycles. The molecular weight excluding hydrogens is 386 g/mol. The molecule has 1 saturated heterocycles. The predicted octanol–water partition coefficient (Wildman–Crippen LogP) is 3.79. The molecule has 0 saturated carbocycles. The molecule has 23 heavy (non-hydrogen) atoms. The zero-order valence-electron chi connectivity index (χ0n) is 13.2. The molecule has 1 aliphatic rings. The minimum absolute atomic E-state index is 0.103. The van der Waals surface area contributed by atoms with Crippen molar-refractivity contribution < 1.29 is 19.1 Å². The highest BCUT2D eigenvalue weighted by Gasteiger charge is 2.44. The number of hydrogen-bond donors (Lipinski definition) is 0. The zero-order chi connectivity index (χ0) is 17.1. The Morgan fingerprint density at radius 3 is 2.65 bits per heavy atom. The summed E-state index contributed by atoms with van der Waals surface area (Å²) in [4.78, 5) is 25.2. The van der Waals surface area contributed by atoms with Gasteiger partial charge in [-0.25, -0.2) is 9.69 Å². The van der Waals surface area contributed by atoms with E-state index in [2.05, 4.69) is 15.9 Å². The maximum atomic E-state index is 12.8. The van der Waals surface area contributed by atoms with Crippen molar-refractivity contribution in [2.75, 3.05) is 13.7 Å². The summed E-state index contributed by atoms with van der Waals surface area (Å²) in [7, 11) is 1.50. The van der Waals surface area contributed by atoms with Gasteiger partial charge in [-0.3, -0.25) is 4.79 Å². The fourth-order valence-corrected chi connectivity index (χ4v) is 3.52. The van der Waals surface area contributed by atoms with Gasteiger partial charge < -0.3 is 9.47 Å². The highest BCUT2D eigenvalue weighted by atomic mass is 79.9. The van der Waals surface area contributed by atoms with Crippen LogP contribution >= 0.6 is 27.5 Å². The average Bonchev–Trinajstić information content (AvgIpc) is 2.91. The van der Waals surface area contributed by atoms with E-state index in [0.29, 0.717) is 10.6 Å². The quantitative estimate of drug-likeness (QED) is 0.701. The van der Waals surface area contributed by atoms with E-state index in [4.69, 9.17) is 21.1 Å². The van der Waals surface area contributed by atoms with Crippen LogP contribution in [0.5, 0.6) is 0 Å². The van der Waals surface area contributed by atoms with Crippen LogP contribution < -0.4 is 0 Å². The number of amides is 2. The molecule has 1 aromatic rings. The van der Waals surface area contributed by atoms with Crippen LogP contribution in [0.1, 0.15) is 25.5 Å². The van der Waals surface area contributed by atoms with E-state index in [1.54, 1.807) is 18.2 Å². The van der Waals surface area contributed by atoms with Crippen molar-refractivity contribution >= 4 is 39.5 Å². The molecule has 2 amide bonds. The van der Waals surface area contributed by atoms with Gasteiger partial charge >= 0.3 is 6.09 Å². The van der Waals surface area contributed by atoms with Gasteiger partial charge in [0.2, 0.25) is 5.91 Å². The largest absolute Gasteiger partial charge is 0.447 e. The summed E-state index contributed by atoms with van der Waals surface area (Å²) < 4.78 is 10.5. The third kappa shape index (κ3) is 3.70. The lowest BCUT2D eigenvalue weighted by Crippen LogP contribution is -2.46. The number of alkyl halides is 1. The van der Waals surface area contributed by atoms with Crippen LogP contribution in [-0.2, 0) is 14.3 Å². The number of methoxy groups -OCH3 is 1. The minimum Gasteiger partial charge on any atom is -0.447 e. The van der Waals surface area contributed by atoms with Gasteiger partial charge in [0.05, 0.1) is 6.04 Å². The van der Waals surface area contributed by atoms with Gasteiger partial charge in [0.1, 0.15) is 17.5 Å². The van der Waals surface area contributed by atoms with E-state index in [-0.39, 0.29) is 18.6 Å². The molecule has 1 heterocycles. The first-order valence-corrected chi connectivity index (χ1v) is 8.59. The van der Waals surface area contributed by atoms with E-state index in [1.165, 1.54) is 12.0 Å². The van der Waals surface area contributed by atoms with E-state index in [0.717, 1.165) is 0 Å². The summed E-state index contributed by atoms with van der Waals surface area (Å²) in [6.45, 7) is 4.10. The average molecular weight is 405 g/mol. The third-order valence-electron chi connectivity index (χ3n) is 3.88. The number of hydrogen-bond acceptors (Lipinski definition) is 4. The van der Waals surface area contributed by atoms with Crippen LogP contribution in [0.4, 0.5) is 4.79 Å². The first-order valence-electron chi connectivity index (χ1n) is 7.29. The lowest BCUT2D eigenvalue weighted by atomic mass is 10.0. The lowest BCUT2D eigenvalue weighted by Gasteiger charge is -2.28. The Labute approximate surface area is 149 Å². The Kier molecular flexibility index (Phi) is 6.06. The summed E-state index contributed by atoms with van der Waals surface area (Å²) >= 11 is 9.57. The summed E-state index contributed by atoms with van der Waals surface area (Å²) in [6, 6.07) is 6.86. The van der Waals surface area contributed by atoms with Crippen LogP contribution in [0.15, 0.2) is 24.3 Å². The molecule has 126 valence electrons. The number of benzene rings is 1. The van der Waals surface area contributed by atoms with Crippen LogP contribution in [0.25, 0.3) is 0 Å². The smallest absolute Gasteiger partial charge is 0.417 e. The van der Waals surface area contributed by atoms with Crippen molar-refractivity contribution in [3.8, 4) is 0 Å². The Hall–Kier alpha value is -1.11. The summed E-state index contributed by atoms with van der Waals surface area (Å²) in [5, 5.41) is 0.501. The Morgan fingerprint density at radius 2 is 2.09 bits per heavy atom. The van der Waals surface area contributed by atoms with Crippen molar-refractivity contribution in [3.63, 3.8) is 0 Å². The molecule has 0 aromatic heterocycles. The molecule has 1 aliphatic heterocycles. The number of imide groups is 1. The van der Waals surface area contributed by atoms with Gasteiger partial charge in [-0.1, -0.05) is 59.6 Å². The van der Waals surface area contributed by atoms with Crippen molar-refractivity contribution in [2.45, 2.75) is 30.8 Å². The number of rotatable bonds is 5. The molecule has 7 heteroatoms. The second-order valence-electron chi connectivity index (χ2n) is 5.68. The Morgan fingerprint density at radius 1 is 1.43 bits per heavy atom. The Bertz CT molecular complexity index is 595. The fraction of sp³-hybridized carbons (Fsp3) is 0.500. The molecule has 0 aliphatic carbocycles. The van der Waals surface area contributed by atoms with E-state index in [1.807, 2.05) is 19.9 Å². The number of carbonyl (C=O) groups is 2. The molecule has 0 N–H and O–H groups in total. The number of carbonyl (C=O) groups excluding carboxylic acids is 2. The topological polar surface area (TPSA) is 55.8 Å². The summed E-state index contributed by atoms with van der Waals surface area (Å²) in [5.74, 6) is -0.288. The monoisotopic (exact) mass is 403 g/mol. The van der Waals surface area contributed by atoms with Gasteiger partial charge in [-0.15, -0.1) is 0 Å². The second-order valence-corrected chi connectivity index (χ2v) is 7.07. The highest BCUT2D eigenvalue weighted by Crippen LogP contribution is 2.33. The molecule has 1 fully saturated rings. The molecule has 0 radical (unpaired) electrons. The first-order chi connectivity index (χ1) is 10.9. The summed E-state index contributed by atoms with van der Waals surface area (Å²) in [6.07, 6.45) is -1.23. The normalized spacial score (nSPS) is 20.5. The molecule has 0 unspecified atom stereocenters. The maximum Gasteiger partial charge on any atom is 0.417 e. The predicted molar refractivity (Wildman–Crippen MR) is 90.7 cm³/mol. The maximum absolute atomic E-state index is 12.8. The number of halogens is 2. The minimum atomic E-state index is -0.751. The van der Waals surface area contributed by atoms with Crippen molar-refractivity contribution in [3.05, 3.63) is 34.9 Å². The molecule has 5 nitrogen and oxygen atoms in total. The third-order valence-corrected chi connectivity index (χ3v) is 5.10. The number of cyclic esters (lactones) is 1. The summed E-state index contributed by atoms with van der Waals surface area (Å²) in [5.41, 5.74) is 0.681. The first kappa shape index (κ1) is 18.2. The Balaban J connectivity index is 2.27. The van der Waals surface area contributed by atoms with Crippen molar-refractivity contribution in [2.24, 2.45) is 5.92 Å². The lowest BCUT2D eigenvalue weighted by molar-refractivity contribution is -0.131. The molecule has 0 spiro atoms. The van der Waals surface area contributed by atoms with Crippen molar-refractivity contribution in [1.82, 2.24) is 4.90 Å².